The van der Waals surface area contributed by atoms with E-state index in [0.717, 1.165) is 43.6 Å². The van der Waals surface area contributed by atoms with Gasteiger partial charge in [-0.25, -0.2) is 0 Å². The van der Waals surface area contributed by atoms with Crippen molar-refractivity contribution >= 4 is 5.91 Å². The molecule has 25 heavy (non-hydrogen) atoms. The van der Waals surface area contributed by atoms with Crippen LogP contribution in [0.2, 0.25) is 0 Å². The second-order valence-electron chi connectivity index (χ2n) is 6.73. The number of carbonyl (C=O) groups excluding carboxylic acids is 1. The highest BCUT2D eigenvalue weighted by molar-refractivity contribution is 5.91. The van der Waals surface area contributed by atoms with Crippen molar-refractivity contribution in [2.75, 3.05) is 13.2 Å². The molecule has 1 aromatic carbocycles. The Balaban J connectivity index is 1.41. The lowest BCUT2D eigenvalue weighted by Gasteiger charge is -2.22. The predicted molar refractivity (Wildman–Crippen MR) is 92.5 cm³/mol. The molecule has 1 saturated carbocycles. The highest BCUT2D eigenvalue weighted by Gasteiger charge is 2.34. The first-order valence-corrected chi connectivity index (χ1v) is 8.97. The zero-order valence-electron chi connectivity index (χ0n) is 14.2. The van der Waals surface area contributed by atoms with Gasteiger partial charge in [0.05, 0.1) is 12.4 Å². The molecule has 0 spiro atoms. The molecule has 4 rings (SSSR count). The van der Waals surface area contributed by atoms with E-state index >= 15 is 0 Å². The SMILES string of the molecule is O=C(c1ccco1)N(Cc1cccc(OC[C@@H]2CCCO2)c1)C1CC1. The summed E-state index contributed by atoms with van der Waals surface area (Å²) in [5, 5.41) is 0. The van der Waals surface area contributed by atoms with Crippen molar-refractivity contribution in [3.63, 3.8) is 0 Å². The van der Waals surface area contributed by atoms with Crippen molar-refractivity contribution in [2.24, 2.45) is 0 Å². The molecule has 0 radical (unpaired) electrons. The summed E-state index contributed by atoms with van der Waals surface area (Å²) in [5.74, 6) is 1.19. The maximum Gasteiger partial charge on any atom is 0.290 e. The van der Waals surface area contributed by atoms with Gasteiger partial charge in [0.2, 0.25) is 0 Å². The Kier molecular flexibility index (Phi) is 4.74. The van der Waals surface area contributed by atoms with Gasteiger partial charge in [0.15, 0.2) is 5.76 Å². The molecule has 132 valence electrons. The minimum absolute atomic E-state index is 0.0434. The van der Waals surface area contributed by atoms with Crippen LogP contribution < -0.4 is 4.74 Å². The Morgan fingerprint density at radius 3 is 2.84 bits per heavy atom. The van der Waals surface area contributed by atoms with Crippen LogP contribution in [-0.2, 0) is 11.3 Å². The first-order valence-electron chi connectivity index (χ1n) is 8.97. The summed E-state index contributed by atoms with van der Waals surface area (Å²) in [4.78, 5) is 14.6. The first-order chi connectivity index (χ1) is 12.3. The van der Waals surface area contributed by atoms with E-state index in [-0.39, 0.29) is 12.0 Å². The number of carbonyl (C=O) groups is 1. The van der Waals surface area contributed by atoms with Gasteiger partial charge in [-0.15, -0.1) is 0 Å². The van der Waals surface area contributed by atoms with E-state index in [2.05, 4.69) is 0 Å². The summed E-state index contributed by atoms with van der Waals surface area (Å²) >= 11 is 0. The van der Waals surface area contributed by atoms with Gasteiger partial charge in [0.25, 0.3) is 5.91 Å². The van der Waals surface area contributed by atoms with Crippen LogP contribution in [0.3, 0.4) is 0 Å². The highest BCUT2D eigenvalue weighted by atomic mass is 16.5. The van der Waals surface area contributed by atoms with E-state index in [0.29, 0.717) is 25.0 Å². The second kappa shape index (κ2) is 7.31. The highest BCUT2D eigenvalue weighted by Crippen LogP contribution is 2.30. The van der Waals surface area contributed by atoms with Crippen LogP contribution in [0.4, 0.5) is 0 Å². The van der Waals surface area contributed by atoms with Crippen LogP contribution in [0.25, 0.3) is 0 Å². The fourth-order valence-electron chi connectivity index (χ4n) is 3.19. The smallest absolute Gasteiger partial charge is 0.290 e. The van der Waals surface area contributed by atoms with Crippen LogP contribution in [0.1, 0.15) is 41.8 Å². The maximum absolute atomic E-state index is 12.7. The number of rotatable bonds is 7. The van der Waals surface area contributed by atoms with Gasteiger partial charge in [-0.3, -0.25) is 4.79 Å². The molecule has 1 saturated heterocycles. The summed E-state index contributed by atoms with van der Waals surface area (Å²) in [7, 11) is 0. The molecule has 1 atom stereocenters. The van der Waals surface area contributed by atoms with Crippen molar-refractivity contribution in [3.8, 4) is 5.75 Å². The van der Waals surface area contributed by atoms with E-state index in [9.17, 15) is 4.79 Å². The van der Waals surface area contributed by atoms with Crippen LogP contribution in [0.5, 0.6) is 5.75 Å². The lowest BCUT2D eigenvalue weighted by atomic mass is 10.2. The second-order valence-corrected chi connectivity index (χ2v) is 6.73. The predicted octanol–water partition coefficient (Wildman–Crippen LogP) is 3.64. The number of furan rings is 1. The molecule has 2 fully saturated rings. The van der Waals surface area contributed by atoms with Crippen molar-refractivity contribution < 1.29 is 18.7 Å². The van der Waals surface area contributed by atoms with Gasteiger partial charge in [-0.2, -0.15) is 0 Å². The van der Waals surface area contributed by atoms with Crippen molar-refractivity contribution in [1.29, 1.82) is 0 Å². The first kappa shape index (κ1) is 16.2. The van der Waals surface area contributed by atoms with Gasteiger partial charge in [0, 0.05) is 19.2 Å². The number of hydrogen-bond acceptors (Lipinski definition) is 4. The maximum atomic E-state index is 12.7. The van der Waals surface area contributed by atoms with Crippen molar-refractivity contribution in [1.82, 2.24) is 4.90 Å². The Hall–Kier alpha value is -2.27. The Bertz CT molecular complexity index is 702. The largest absolute Gasteiger partial charge is 0.491 e. The molecule has 5 heteroatoms. The van der Waals surface area contributed by atoms with Crippen molar-refractivity contribution in [3.05, 3.63) is 54.0 Å². The molecule has 2 aromatic rings. The molecular formula is C20H23NO4. The van der Waals surface area contributed by atoms with E-state index in [1.807, 2.05) is 29.2 Å². The summed E-state index contributed by atoms with van der Waals surface area (Å²) < 4.78 is 16.7. The number of benzene rings is 1. The molecule has 0 N–H and O–H groups in total. The number of nitrogens with zero attached hydrogens (tertiary/aromatic N) is 1. The zero-order chi connectivity index (χ0) is 17.1. The molecule has 1 aliphatic carbocycles. The summed E-state index contributed by atoms with van der Waals surface area (Å²) in [5.41, 5.74) is 1.07. The molecule has 2 aliphatic rings. The number of ether oxygens (including phenoxy) is 2. The molecule has 1 amide bonds. The minimum atomic E-state index is -0.0434. The van der Waals surface area contributed by atoms with Crippen LogP contribution in [-0.4, -0.2) is 36.2 Å². The Morgan fingerprint density at radius 2 is 2.12 bits per heavy atom. The molecule has 0 unspecified atom stereocenters. The van der Waals surface area contributed by atoms with E-state index in [1.54, 1.807) is 12.1 Å². The monoisotopic (exact) mass is 341 g/mol. The summed E-state index contributed by atoms with van der Waals surface area (Å²) in [6, 6.07) is 11.8. The Morgan fingerprint density at radius 1 is 1.20 bits per heavy atom. The molecular weight excluding hydrogens is 318 g/mol. The van der Waals surface area contributed by atoms with Gasteiger partial charge in [-0.05, 0) is 55.5 Å². The summed E-state index contributed by atoms with van der Waals surface area (Å²) in [6.07, 6.45) is 6.03. The van der Waals surface area contributed by atoms with E-state index in [1.165, 1.54) is 6.26 Å². The standard InChI is InChI=1S/C20H23NO4/c22-20(19-7-3-11-24-19)21(16-8-9-16)13-15-4-1-5-17(12-15)25-14-18-6-2-10-23-18/h1,3-5,7,11-12,16,18H,2,6,8-10,13-14H2/t18-/m0/s1. The number of amides is 1. The third-order valence-corrected chi connectivity index (χ3v) is 4.69. The van der Waals surface area contributed by atoms with Crippen LogP contribution in [0.15, 0.2) is 47.1 Å². The lowest BCUT2D eigenvalue weighted by molar-refractivity contribution is 0.0676. The van der Waals surface area contributed by atoms with Crippen molar-refractivity contribution in [2.45, 2.75) is 44.4 Å². The third kappa shape index (κ3) is 4.04. The fraction of sp³-hybridized carbons (Fsp3) is 0.450. The van der Waals surface area contributed by atoms with Crippen LogP contribution in [0, 0.1) is 0 Å². The molecule has 1 aromatic heterocycles. The topological polar surface area (TPSA) is 51.9 Å². The normalized spacial score (nSPS) is 19.8. The lowest BCUT2D eigenvalue weighted by Crippen LogP contribution is -2.32. The van der Waals surface area contributed by atoms with E-state index in [4.69, 9.17) is 13.9 Å². The zero-order valence-corrected chi connectivity index (χ0v) is 14.2. The molecule has 5 nitrogen and oxygen atoms in total. The summed E-state index contributed by atoms with van der Waals surface area (Å²) in [6.45, 7) is 1.99. The van der Waals surface area contributed by atoms with E-state index < -0.39 is 0 Å². The third-order valence-electron chi connectivity index (χ3n) is 4.69. The minimum Gasteiger partial charge on any atom is -0.491 e. The van der Waals surface area contributed by atoms with Gasteiger partial charge in [0.1, 0.15) is 12.4 Å². The van der Waals surface area contributed by atoms with Gasteiger partial charge < -0.3 is 18.8 Å². The average Bonchev–Trinajstić information content (AvgIpc) is 3.12. The Labute approximate surface area is 147 Å². The molecule has 2 heterocycles. The van der Waals surface area contributed by atoms with Crippen LogP contribution >= 0.6 is 0 Å². The number of hydrogen-bond donors (Lipinski definition) is 0. The quantitative estimate of drug-likeness (QED) is 0.771. The molecule has 1 aliphatic heterocycles. The van der Waals surface area contributed by atoms with Gasteiger partial charge >= 0.3 is 0 Å². The average molecular weight is 341 g/mol. The van der Waals surface area contributed by atoms with Gasteiger partial charge in [-0.1, -0.05) is 12.1 Å². The fourth-order valence-corrected chi connectivity index (χ4v) is 3.19. The molecule has 0 bridgehead atoms.